The predicted octanol–water partition coefficient (Wildman–Crippen LogP) is 0.0805. The summed E-state index contributed by atoms with van der Waals surface area (Å²) in [5.41, 5.74) is 7.11. The smallest absolute Gasteiger partial charge is 0.326 e. The van der Waals surface area contributed by atoms with Gasteiger partial charge in [0.05, 0.1) is 12.1 Å². The lowest BCUT2D eigenvalue weighted by molar-refractivity contribution is -0.142. The molecule has 0 radical (unpaired) electrons. The van der Waals surface area contributed by atoms with E-state index in [9.17, 15) is 34.5 Å². The largest absolute Gasteiger partial charge is 0.508 e. The van der Waals surface area contributed by atoms with Crippen molar-refractivity contribution in [2.75, 3.05) is 0 Å². The van der Waals surface area contributed by atoms with Crippen LogP contribution in [0.5, 0.6) is 5.75 Å². The van der Waals surface area contributed by atoms with Crippen LogP contribution in [0.4, 0.5) is 0 Å². The van der Waals surface area contributed by atoms with Gasteiger partial charge in [-0.3, -0.25) is 14.4 Å². The van der Waals surface area contributed by atoms with Gasteiger partial charge in [0.2, 0.25) is 17.7 Å². The van der Waals surface area contributed by atoms with Gasteiger partial charge in [0.25, 0.3) is 0 Å². The molecular formula is C27H36N4O7. The summed E-state index contributed by atoms with van der Waals surface area (Å²) in [7, 11) is 0. The van der Waals surface area contributed by atoms with Gasteiger partial charge in [0, 0.05) is 12.8 Å². The lowest BCUT2D eigenvalue weighted by atomic mass is 10.0. The van der Waals surface area contributed by atoms with E-state index >= 15 is 0 Å². The first kappa shape index (κ1) is 30.3. The molecule has 5 unspecified atom stereocenters. The third-order valence-corrected chi connectivity index (χ3v) is 5.99. The Morgan fingerprint density at radius 2 is 1.29 bits per heavy atom. The van der Waals surface area contributed by atoms with Crippen LogP contribution in [-0.2, 0) is 32.0 Å². The Hall–Kier alpha value is -3.96. The zero-order valence-corrected chi connectivity index (χ0v) is 21.6. The molecule has 206 valence electrons. The first-order valence-electron chi connectivity index (χ1n) is 12.3. The number of carbonyl (C=O) groups is 4. The number of hydrogen-bond donors (Lipinski definition) is 7. The van der Waals surface area contributed by atoms with E-state index in [1.54, 1.807) is 56.3 Å². The number of phenolic OH excluding ortho intramolecular Hbond substituents is 1. The molecule has 0 fully saturated rings. The molecule has 2 rings (SSSR count). The summed E-state index contributed by atoms with van der Waals surface area (Å²) in [6.45, 7) is 4.77. The third-order valence-electron chi connectivity index (χ3n) is 5.99. The molecule has 11 nitrogen and oxygen atoms in total. The van der Waals surface area contributed by atoms with Crippen molar-refractivity contribution in [3.05, 3.63) is 65.7 Å². The molecule has 0 saturated heterocycles. The van der Waals surface area contributed by atoms with E-state index in [2.05, 4.69) is 16.0 Å². The maximum Gasteiger partial charge on any atom is 0.326 e. The van der Waals surface area contributed by atoms with Crippen LogP contribution in [0.1, 0.15) is 31.9 Å². The lowest BCUT2D eigenvalue weighted by Crippen LogP contribution is -2.60. The van der Waals surface area contributed by atoms with Crippen molar-refractivity contribution in [1.29, 1.82) is 0 Å². The molecule has 0 spiro atoms. The number of nitrogens with one attached hydrogen (secondary N) is 3. The number of aromatic hydroxyl groups is 1. The Kier molecular flexibility index (Phi) is 11.2. The molecule has 38 heavy (non-hydrogen) atoms. The molecule has 11 heteroatoms. The molecule has 0 aliphatic heterocycles. The van der Waals surface area contributed by atoms with Gasteiger partial charge in [-0.1, -0.05) is 56.3 Å². The number of amides is 3. The number of aliphatic carboxylic acids is 1. The van der Waals surface area contributed by atoms with Crippen molar-refractivity contribution in [1.82, 2.24) is 16.0 Å². The van der Waals surface area contributed by atoms with Gasteiger partial charge < -0.3 is 37.0 Å². The van der Waals surface area contributed by atoms with E-state index in [-0.39, 0.29) is 24.5 Å². The highest BCUT2D eigenvalue weighted by molar-refractivity contribution is 5.94. The molecule has 0 aliphatic rings. The molecule has 5 atom stereocenters. The van der Waals surface area contributed by atoms with E-state index in [0.717, 1.165) is 0 Å². The minimum Gasteiger partial charge on any atom is -0.508 e. The van der Waals surface area contributed by atoms with E-state index in [1.165, 1.54) is 19.1 Å². The van der Waals surface area contributed by atoms with Crippen LogP contribution in [-0.4, -0.2) is 69.3 Å². The Morgan fingerprint density at radius 1 is 0.763 bits per heavy atom. The van der Waals surface area contributed by atoms with Crippen LogP contribution in [0.2, 0.25) is 0 Å². The number of carboxylic acids is 1. The molecule has 0 aliphatic carbocycles. The van der Waals surface area contributed by atoms with Crippen LogP contribution < -0.4 is 21.7 Å². The fraction of sp³-hybridized carbons (Fsp3) is 0.407. The van der Waals surface area contributed by atoms with E-state index in [4.69, 9.17) is 5.73 Å². The second-order valence-corrected chi connectivity index (χ2v) is 9.52. The Morgan fingerprint density at radius 3 is 1.82 bits per heavy atom. The highest BCUT2D eigenvalue weighted by Crippen LogP contribution is 2.13. The maximum absolute atomic E-state index is 13.3. The monoisotopic (exact) mass is 528 g/mol. The van der Waals surface area contributed by atoms with E-state index in [0.29, 0.717) is 11.1 Å². The average molecular weight is 529 g/mol. The first-order valence-corrected chi connectivity index (χ1v) is 12.3. The number of nitrogens with two attached hydrogens (primary N) is 1. The van der Waals surface area contributed by atoms with Crippen molar-refractivity contribution in [3.8, 4) is 5.75 Å². The topological polar surface area (TPSA) is 191 Å². The van der Waals surface area contributed by atoms with Gasteiger partial charge in [-0.25, -0.2) is 4.79 Å². The highest BCUT2D eigenvalue weighted by atomic mass is 16.4. The molecule has 0 bridgehead atoms. The summed E-state index contributed by atoms with van der Waals surface area (Å²) >= 11 is 0. The standard InChI is InChI=1S/C27H36N4O7/c1-15(2)22(28)25(35)31-23(16(3)32)26(36)29-20(13-18-9-11-19(33)12-10-18)24(34)30-21(27(37)38)14-17-7-5-4-6-8-17/h4-12,15-16,20-23,32-33H,13-14,28H2,1-3H3,(H,29,36)(H,30,34)(H,31,35)(H,37,38). The zero-order valence-electron chi connectivity index (χ0n) is 21.6. The number of aliphatic hydroxyl groups excluding tert-OH is 1. The summed E-state index contributed by atoms with van der Waals surface area (Å²) in [4.78, 5) is 50.7. The van der Waals surface area contributed by atoms with Crippen molar-refractivity contribution in [2.45, 2.75) is 63.9 Å². The van der Waals surface area contributed by atoms with Gasteiger partial charge in [0.15, 0.2) is 0 Å². The SMILES string of the molecule is CC(C)C(N)C(=O)NC(C(=O)NC(Cc1ccc(O)cc1)C(=O)NC(Cc1ccccc1)C(=O)O)C(C)O. The van der Waals surface area contributed by atoms with Crippen LogP contribution in [0.15, 0.2) is 54.6 Å². The number of aliphatic hydroxyl groups is 1. The Bertz CT molecular complexity index is 1090. The van der Waals surface area contributed by atoms with Crippen molar-refractivity contribution in [3.63, 3.8) is 0 Å². The van der Waals surface area contributed by atoms with Crippen molar-refractivity contribution in [2.24, 2.45) is 11.7 Å². The fourth-order valence-electron chi connectivity index (χ4n) is 3.62. The van der Waals surface area contributed by atoms with Crippen molar-refractivity contribution >= 4 is 23.7 Å². The van der Waals surface area contributed by atoms with Gasteiger partial charge in [-0.05, 0) is 36.1 Å². The normalized spacial score (nSPS) is 15.0. The molecule has 2 aromatic carbocycles. The maximum atomic E-state index is 13.3. The fourth-order valence-corrected chi connectivity index (χ4v) is 3.62. The third kappa shape index (κ3) is 9.16. The summed E-state index contributed by atoms with van der Waals surface area (Å²) < 4.78 is 0. The molecular weight excluding hydrogens is 492 g/mol. The van der Waals surface area contributed by atoms with Crippen molar-refractivity contribution < 1.29 is 34.5 Å². The van der Waals surface area contributed by atoms with Gasteiger partial charge >= 0.3 is 5.97 Å². The number of rotatable bonds is 13. The summed E-state index contributed by atoms with van der Waals surface area (Å²) in [5.74, 6) is -3.74. The molecule has 8 N–H and O–H groups in total. The summed E-state index contributed by atoms with van der Waals surface area (Å²) in [5, 5.41) is 36.9. The van der Waals surface area contributed by atoms with E-state index < -0.39 is 54.0 Å². The van der Waals surface area contributed by atoms with Crippen LogP contribution in [0, 0.1) is 5.92 Å². The number of benzene rings is 2. The average Bonchev–Trinajstić information content (AvgIpc) is 2.87. The van der Waals surface area contributed by atoms with Crippen LogP contribution in [0.3, 0.4) is 0 Å². The summed E-state index contributed by atoms with van der Waals surface area (Å²) in [6.07, 6.45) is -1.36. The Labute approximate surface area is 221 Å². The zero-order chi connectivity index (χ0) is 28.4. The second-order valence-electron chi connectivity index (χ2n) is 9.52. The highest BCUT2D eigenvalue weighted by Gasteiger charge is 2.33. The van der Waals surface area contributed by atoms with Crippen LogP contribution >= 0.6 is 0 Å². The first-order chi connectivity index (χ1) is 17.9. The number of carbonyl (C=O) groups excluding carboxylic acids is 3. The molecule has 3 amide bonds. The number of phenols is 1. The van der Waals surface area contributed by atoms with Gasteiger partial charge in [0.1, 0.15) is 23.9 Å². The Balaban J connectivity index is 2.26. The minimum absolute atomic E-state index is 0.00552. The number of carboxylic acid groups (broad SMARTS) is 1. The number of hydrogen-bond acceptors (Lipinski definition) is 7. The second kappa shape index (κ2) is 14.1. The lowest BCUT2D eigenvalue weighted by Gasteiger charge is -2.27. The minimum atomic E-state index is -1.41. The van der Waals surface area contributed by atoms with Gasteiger partial charge in [-0.2, -0.15) is 0 Å². The van der Waals surface area contributed by atoms with E-state index in [1.807, 2.05) is 0 Å². The predicted molar refractivity (Wildman–Crippen MR) is 140 cm³/mol. The van der Waals surface area contributed by atoms with Gasteiger partial charge in [-0.15, -0.1) is 0 Å². The molecule has 2 aromatic rings. The molecule has 0 aromatic heterocycles. The summed E-state index contributed by atoms with van der Waals surface area (Å²) in [6, 6.07) is 9.79. The quantitative estimate of drug-likeness (QED) is 0.190. The van der Waals surface area contributed by atoms with Crippen LogP contribution in [0.25, 0.3) is 0 Å². The molecule has 0 saturated carbocycles. The molecule has 0 heterocycles.